The molecular formula is C14H21ClN4O3. The first kappa shape index (κ1) is 16.6. The van der Waals surface area contributed by atoms with Crippen LogP contribution in [-0.4, -0.2) is 60.3 Å². The zero-order valence-corrected chi connectivity index (χ0v) is 13.7. The third-order valence-corrected chi connectivity index (χ3v) is 3.91. The number of rotatable bonds is 4. The molecule has 1 saturated heterocycles. The second-order valence-corrected chi connectivity index (χ2v) is 5.69. The van der Waals surface area contributed by atoms with Crippen molar-refractivity contribution in [2.24, 2.45) is 7.05 Å². The fraction of sp³-hybridized carbons (Fsp3) is 0.571. The van der Waals surface area contributed by atoms with Gasteiger partial charge in [0.15, 0.2) is 0 Å². The smallest absolute Gasteiger partial charge is 0.315 e. The number of carbonyl (C=O) groups excluding carboxylic acids is 2. The average molecular weight is 329 g/mol. The Bertz CT molecular complexity index is 560. The lowest BCUT2D eigenvalue weighted by atomic mass is 10.2. The molecule has 8 heteroatoms. The quantitative estimate of drug-likeness (QED) is 0.860. The third-order valence-electron chi connectivity index (χ3n) is 3.70. The number of likely N-dealkylation sites (tertiary alicyclic amines) is 1. The number of nitrogens with zero attached hydrogens (tertiary/aromatic N) is 2. The summed E-state index contributed by atoms with van der Waals surface area (Å²) in [6.07, 6.45) is 1.45. The van der Waals surface area contributed by atoms with E-state index in [1.165, 1.54) is 0 Å². The minimum Gasteiger partial charge on any atom is -0.377 e. The summed E-state index contributed by atoms with van der Waals surface area (Å²) in [6, 6.07) is 1.14. The molecule has 0 aliphatic carbocycles. The van der Waals surface area contributed by atoms with Crippen molar-refractivity contribution in [3.63, 3.8) is 0 Å². The van der Waals surface area contributed by atoms with Crippen LogP contribution in [0.15, 0.2) is 12.3 Å². The predicted octanol–water partition coefficient (Wildman–Crippen LogP) is 0.837. The third kappa shape index (κ3) is 3.53. The molecule has 3 amide bonds. The molecule has 1 aromatic rings. The van der Waals surface area contributed by atoms with Gasteiger partial charge in [-0.2, -0.15) is 0 Å². The maximum atomic E-state index is 12.6. The van der Waals surface area contributed by atoms with Crippen LogP contribution in [0.4, 0.5) is 4.79 Å². The molecule has 22 heavy (non-hydrogen) atoms. The lowest BCUT2D eigenvalue weighted by Gasteiger charge is -2.18. The first-order chi connectivity index (χ1) is 10.5. The summed E-state index contributed by atoms with van der Waals surface area (Å²) in [4.78, 5) is 25.9. The van der Waals surface area contributed by atoms with Gasteiger partial charge in [-0.3, -0.25) is 4.79 Å². The summed E-state index contributed by atoms with van der Waals surface area (Å²) in [5, 5.41) is 6.03. The number of halogens is 1. The number of carbonyl (C=O) groups is 2. The Labute approximate surface area is 134 Å². The Balaban J connectivity index is 2.06. The number of hydrogen-bond acceptors (Lipinski definition) is 3. The number of hydrogen-bond donors (Lipinski definition) is 2. The molecule has 2 heterocycles. The number of ether oxygens (including phenoxy) is 1. The van der Waals surface area contributed by atoms with Gasteiger partial charge in [-0.05, 0) is 13.0 Å². The van der Waals surface area contributed by atoms with Gasteiger partial charge in [0, 0.05) is 40.0 Å². The van der Waals surface area contributed by atoms with E-state index in [4.69, 9.17) is 16.3 Å². The van der Waals surface area contributed by atoms with Crippen molar-refractivity contribution < 1.29 is 14.3 Å². The lowest BCUT2D eigenvalue weighted by molar-refractivity contribution is 0.0702. The van der Waals surface area contributed by atoms with Crippen molar-refractivity contribution >= 4 is 23.5 Å². The van der Waals surface area contributed by atoms with Crippen molar-refractivity contribution in [3.8, 4) is 0 Å². The van der Waals surface area contributed by atoms with Gasteiger partial charge in [-0.1, -0.05) is 11.6 Å². The molecule has 0 bridgehead atoms. The van der Waals surface area contributed by atoms with E-state index in [1.54, 1.807) is 35.9 Å². The van der Waals surface area contributed by atoms with Gasteiger partial charge >= 0.3 is 6.03 Å². The highest BCUT2D eigenvalue weighted by molar-refractivity contribution is 6.31. The second kappa shape index (κ2) is 7.02. The van der Waals surface area contributed by atoms with Crippen LogP contribution >= 0.6 is 11.6 Å². The van der Waals surface area contributed by atoms with E-state index in [9.17, 15) is 9.59 Å². The molecule has 0 saturated carbocycles. The fourth-order valence-corrected chi connectivity index (χ4v) is 2.85. The van der Waals surface area contributed by atoms with Gasteiger partial charge in [-0.25, -0.2) is 4.79 Å². The summed E-state index contributed by atoms with van der Waals surface area (Å²) < 4.78 is 7.08. The van der Waals surface area contributed by atoms with Crippen LogP contribution in [-0.2, 0) is 11.8 Å². The number of aryl methyl sites for hydroxylation is 1. The molecule has 122 valence electrons. The number of methoxy groups -OCH3 is 1. The number of aromatic nitrogens is 1. The van der Waals surface area contributed by atoms with Crippen LogP contribution in [0.3, 0.4) is 0 Å². The Morgan fingerprint density at radius 1 is 1.45 bits per heavy atom. The van der Waals surface area contributed by atoms with Crippen LogP contribution in [0.2, 0.25) is 5.02 Å². The molecule has 0 unspecified atom stereocenters. The van der Waals surface area contributed by atoms with Gasteiger partial charge in [0.05, 0.1) is 17.2 Å². The van der Waals surface area contributed by atoms with Crippen LogP contribution in [0.25, 0.3) is 0 Å². The van der Waals surface area contributed by atoms with Gasteiger partial charge in [-0.15, -0.1) is 0 Å². The van der Waals surface area contributed by atoms with Crippen LogP contribution in [0.5, 0.6) is 0 Å². The standard InChI is InChI=1S/C14H21ClN4O3/c1-4-16-14(21)17-10-7-19(8-12(10)22-3)13(20)11-5-9(15)6-18(11)2/h5-6,10,12H,4,7-8H2,1-3H3,(H2,16,17,21)/t10-,12-/m1/s1. The van der Waals surface area contributed by atoms with E-state index in [2.05, 4.69) is 10.6 Å². The van der Waals surface area contributed by atoms with Crippen molar-refractivity contribution in [3.05, 3.63) is 23.0 Å². The lowest BCUT2D eigenvalue weighted by Crippen LogP contribution is -2.48. The Hall–Kier alpha value is -1.73. The average Bonchev–Trinajstić information content (AvgIpc) is 3.01. The highest BCUT2D eigenvalue weighted by Gasteiger charge is 2.37. The van der Waals surface area contributed by atoms with Gasteiger partial charge < -0.3 is 24.8 Å². The van der Waals surface area contributed by atoms with E-state index in [1.807, 2.05) is 6.92 Å². The monoisotopic (exact) mass is 328 g/mol. The van der Waals surface area contributed by atoms with Gasteiger partial charge in [0.1, 0.15) is 5.69 Å². The molecule has 0 spiro atoms. The highest BCUT2D eigenvalue weighted by atomic mass is 35.5. The molecule has 1 fully saturated rings. The second-order valence-electron chi connectivity index (χ2n) is 5.25. The fourth-order valence-electron chi connectivity index (χ4n) is 2.60. The Morgan fingerprint density at radius 2 is 2.18 bits per heavy atom. The minimum absolute atomic E-state index is 0.128. The summed E-state index contributed by atoms with van der Waals surface area (Å²) >= 11 is 5.92. The summed E-state index contributed by atoms with van der Waals surface area (Å²) in [7, 11) is 3.35. The van der Waals surface area contributed by atoms with Gasteiger partial charge in [0.25, 0.3) is 5.91 Å². The summed E-state index contributed by atoms with van der Waals surface area (Å²) in [5.41, 5.74) is 0.513. The van der Waals surface area contributed by atoms with Crippen molar-refractivity contribution in [1.29, 1.82) is 0 Å². The Morgan fingerprint density at radius 3 is 2.73 bits per heavy atom. The molecule has 2 atom stereocenters. The van der Waals surface area contributed by atoms with E-state index < -0.39 is 0 Å². The molecule has 1 aliphatic heterocycles. The van der Waals surface area contributed by atoms with Crippen LogP contribution in [0.1, 0.15) is 17.4 Å². The topological polar surface area (TPSA) is 75.6 Å². The maximum absolute atomic E-state index is 12.6. The molecule has 2 N–H and O–H groups in total. The van der Waals surface area contributed by atoms with Crippen molar-refractivity contribution in [2.45, 2.75) is 19.1 Å². The molecule has 7 nitrogen and oxygen atoms in total. The SMILES string of the molecule is CCNC(=O)N[C@@H]1CN(C(=O)c2cc(Cl)cn2C)C[C@H]1OC. The Kier molecular flexibility index (Phi) is 5.31. The highest BCUT2D eigenvalue weighted by Crippen LogP contribution is 2.19. The zero-order chi connectivity index (χ0) is 16.3. The first-order valence-corrected chi connectivity index (χ1v) is 7.52. The normalized spacial score (nSPS) is 21.0. The van der Waals surface area contributed by atoms with E-state index in [0.717, 1.165) is 0 Å². The van der Waals surface area contributed by atoms with Crippen molar-refractivity contribution in [2.75, 3.05) is 26.7 Å². The summed E-state index contributed by atoms with van der Waals surface area (Å²) in [5.74, 6) is -0.128. The molecule has 2 rings (SSSR count). The molecule has 0 aromatic carbocycles. The van der Waals surface area contributed by atoms with E-state index in [-0.39, 0.29) is 24.1 Å². The van der Waals surface area contributed by atoms with Crippen LogP contribution in [0, 0.1) is 0 Å². The van der Waals surface area contributed by atoms with Crippen LogP contribution < -0.4 is 10.6 Å². The largest absolute Gasteiger partial charge is 0.377 e. The van der Waals surface area contributed by atoms with E-state index >= 15 is 0 Å². The van der Waals surface area contributed by atoms with E-state index in [0.29, 0.717) is 30.4 Å². The first-order valence-electron chi connectivity index (χ1n) is 7.14. The maximum Gasteiger partial charge on any atom is 0.315 e. The van der Waals surface area contributed by atoms with Crippen molar-refractivity contribution in [1.82, 2.24) is 20.1 Å². The molecular weight excluding hydrogens is 308 g/mol. The predicted molar refractivity (Wildman–Crippen MR) is 83.1 cm³/mol. The number of nitrogens with one attached hydrogen (secondary N) is 2. The zero-order valence-electron chi connectivity index (χ0n) is 12.9. The minimum atomic E-state index is -0.259. The number of urea groups is 1. The molecule has 1 aliphatic rings. The summed E-state index contributed by atoms with van der Waals surface area (Å²) in [6.45, 7) is 3.21. The number of amides is 3. The molecule has 1 aromatic heterocycles. The molecule has 0 radical (unpaired) electrons. The van der Waals surface area contributed by atoms with Gasteiger partial charge in [0.2, 0.25) is 0 Å².